The molecule has 0 amide bonds. The zero-order chi connectivity index (χ0) is 12.5. The number of halogens is 3. The highest BCUT2D eigenvalue weighted by Gasteiger charge is 2.21. The molecule has 0 saturated heterocycles. The Morgan fingerprint density at radius 1 is 1.56 bits per heavy atom. The van der Waals surface area contributed by atoms with Crippen molar-refractivity contribution in [3.63, 3.8) is 0 Å². The maximum atomic E-state index is 13.5. The molecule has 0 unspecified atom stereocenters. The van der Waals surface area contributed by atoms with Gasteiger partial charge in [-0.2, -0.15) is 0 Å². The minimum absolute atomic E-state index is 0.0904. The van der Waals surface area contributed by atoms with Gasteiger partial charge in [-0.1, -0.05) is 11.6 Å². The standard InChI is InChI=1S/C8H7Cl2FO4S/c1-15-6-2-5(12)4(3-16(10,13)14)8(11)7(6)9/h2,12H,3H2,1H3. The molecule has 0 saturated carbocycles. The van der Waals surface area contributed by atoms with Gasteiger partial charge in [0.15, 0.2) is 5.82 Å². The number of aromatic hydroxyl groups is 1. The van der Waals surface area contributed by atoms with Gasteiger partial charge in [-0.3, -0.25) is 0 Å². The average molecular weight is 289 g/mol. The van der Waals surface area contributed by atoms with E-state index in [-0.39, 0.29) is 5.75 Å². The second kappa shape index (κ2) is 4.65. The smallest absolute Gasteiger partial charge is 0.237 e. The van der Waals surface area contributed by atoms with Gasteiger partial charge in [-0.25, -0.2) is 12.8 Å². The molecule has 0 radical (unpaired) electrons. The zero-order valence-corrected chi connectivity index (χ0v) is 10.3. The van der Waals surface area contributed by atoms with E-state index in [1.54, 1.807) is 0 Å². The van der Waals surface area contributed by atoms with Crippen molar-refractivity contribution in [3.05, 3.63) is 22.5 Å². The van der Waals surface area contributed by atoms with Crippen molar-refractivity contribution < 1.29 is 22.7 Å². The van der Waals surface area contributed by atoms with E-state index in [1.165, 1.54) is 7.11 Å². The molecule has 0 aliphatic heterocycles. The van der Waals surface area contributed by atoms with Crippen LogP contribution in [0, 0.1) is 5.82 Å². The van der Waals surface area contributed by atoms with Crippen LogP contribution >= 0.6 is 22.3 Å². The fourth-order valence-corrected chi connectivity index (χ4v) is 2.28. The van der Waals surface area contributed by atoms with Gasteiger partial charge >= 0.3 is 0 Å². The van der Waals surface area contributed by atoms with Gasteiger partial charge in [0, 0.05) is 22.3 Å². The van der Waals surface area contributed by atoms with Gasteiger partial charge in [-0.15, -0.1) is 0 Å². The Hall–Kier alpha value is -0.720. The molecule has 0 aliphatic rings. The Balaban J connectivity index is 3.37. The van der Waals surface area contributed by atoms with Crippen LogP contribution in [0.1, 0.15) is 5.56 Å². The summed E-state index contributed by atoms with van der Waals surface area (Å²) in [4.78, 5) is 0. The number of benzene rings is 1. The van der Waals surface area contributed by atoms with E-state index >= 15 is 0 Å². The zero-order valence-electron chi connectivity index (χ0n) is 8.00. The van der Waals surface area contributed by atoms with Crippen LogP contribution in [-0.4, -0.2) is 20.6 Å². The third kappa shape index (κ3) is 2.90. The van der Waals surface area contributed by atoms with Crippen molar-refractivity contribution >= 4 is 31.3 Å². The van der Waals surface area contributed by atoms with E-state index in [0.717, 1.165) is 6.07 Å². The Morgan fingerprint density at radius 2 is 2.12 bits per heavy atom. The Morgan fingerprint density at radius 3 is 2.56 bits per heavy atom. The van der Waals surface area contributed by atoms with E-state index in [0.29, 0.717) is 0 Å². The summed E-state index contributed by atoms with van der Waals surface area (Å²) in [5.74, 6) is -2.59. The lowest BCUT2D eigenvalue weighted by molar-refractivity contribution is 0.401. The molecule has 90 valence electrons. The lowest BCUT2D eigenvalue weighted by Crippen LogP contribution is -2.01. The molecular formula is C8H7Cl2FO4S. The molecule has 1 aromatic carbocycles. The summed E-state index contributed by atoms with van der Waals surface area (Å²) in [6.45, 7) is 0. The van der Waals surface area contributed by atoms with Gasteiger partial charge in [0.2, 0.25) is 9.05 Å². The van der Waals surface area contributed by atoms with Crippen molar-refractivity contribution in [3.8, 4) is 11.5 Å². The van der Waals surface area contributed by atoms with Crippen molar-refractivity contribution in [2.45, 2.75) is 5.75 Å². The minimum Gasteiger partial charge on any atom is -0.507 e. The van der Waals surface area contributed by atoms with Crippen molar-refractivity contribution in [1.29, 1.82) is 0 Å². The summed E-state index contributed by atoms with van der Waals surface area (Å²) >= 11 is 5.55. The summed E-state index contributed by atoms with van der Waals surface area (Å²) in [7, 11) is 2.21. The summed E-state index contributed by atoms with van der Waals surface area (Å²) in [5.41, 5.74) is -0.485. The minimum atomic E-state index is -3.99. The lowest BCUT2D eigenvalue weighted by Gasteiger charge is -2.09. The highest BCUT2D eigenvalue weighted by Crippen LogP contribution is 2.36. The fourth-order valence-electron chi connectivity index (χ4n) is 1.09. The number of phenols is 1. The van der Waals surface area contributed by atoms with Gasteiger partial charge in [0.25, 0.3) is 0 Å². The molecule has 8 heteroatoms. The van der Waals surface area contributed by atoms with E-state index in [2.05, 4.69) is 4.74 Å². The Labute approximate surface area is 101 Å². The van der Waals surface area contributed by atoms with Gasteiger partial charge in [0.05, 0.1) is 12.9 Å². The molecule has 0 fully saturated rings. The molecule has 0 aliphatic carbocycles. The van der Waals surface area contributed by atoms with E-state index < -0.39 is 37.0 Å². The second-order valence-corrected chi connectivity index (χ2v) is 6.04. The van der Waals surface area contributed by atoms with Gasteiger partial charge in [-0.05, 0) is 0 Å². The maximum absolute atomic E-state index is 13.5. The van der Waals surface area contributed by atoms with Crippen molar-refractivity contribution in [2.75, 3.05) is 7.11 Å². The highest BCUT2D eigenvalue weighted by molar-refractivity contribution is 8.13. The predicted molar refractivity (Wildman–Crippen MR) is 58.1 cm³/mol. The fraction of sp³-hybridized carbons (Fsp3) is 0.250. The molecule has 0 spiro atoms. The number of methoxy groups -OCH3 is 1. The molecule has 0 bridgehead atoms. The van der Waals surface area contributed by atoms with E-state index in [4.69, 9.17) is 22.3 Å². The first-order chi connectivity index (χ1) is 7.26. The Bertz CT molecular complexity index is 515. The normalized spacial score (nSPS) is 11.5. The number of rotatable bonds is 3. The summed E-state index contributed by atoms with van der Waals surface area (Å²) in [6, 6.07) is 1.02. The first-order valence-electron chi connectivity index (χ1n) is 3.92. The SMILES string of the molecule is COc1cc(O)c(CS(=O)(=O)Cl)c(F)c1Cl. The van der Waals surface area contributed by atoms with Crippen LogP contribution in [0.4, 0.5) is 4.39 Å². The molecular weight excluding hydrogens is 282 g/mol. The number of ether oxygens (including phenoxy) is 1. The predicted octanol–water partition coefficient (Wildman–Crippen LogP) is 2.26. The van der Waals surface area contributed by atoms with Crippen LogP contribution in [0.3, 0.4) is 0 Å². The number of hydrogen-bond acceptors (Lipinski definition) is 4. The number of hydrogen-bond donors (Lipinski definition) is 1. The van der Waals surface area contributed by atoms with Crippen LogP contribution < -0.4 is 4.74 Å². The van der Waals surface area contributed by atoms with Crippen molar-refractivity contribution in [2.24, 2.45) is 0 Å². The quantitative estimate of drug-likeness (QED) is 0.867. The molecule has 0 heterocycles. The lowest BCUT2D eigenvalue weighted by atomic mass is 10.2. The van der Waals surface area contributed by atoms with Gasteiger partial charge in [0.1, 0.15) is 16.5 Å². The molecule has 0 atom stereocenters. The third-order valence-corrected chi connectivity index (χ3v) is 3.10. The molecule has 0 aromatic heterocycles. The van der Waals surface area contributed by atoms with Crippen LogP contribution in [0.25, 0.3) is 0 Å². The van der Waals surface area contributed by atoms with Crippen molar-refractivity contribution in [1.82, 2.24) is 0 Å². The summed E-state index contributed by atoms with van der Waals surface area (Å²) < 4.78 is 39.8. The molecule has 16 heavy (non-hydrogen) atoms. The molecule has 1 rings (SSSR count). The van der Waals surface area contributed by atoms with E-state index in [9.17, 15) is 17.9 Å². The van der Waals surface area contributed by atoms with Crippen LogP contribution in [0.5, 0.6) is 11.5 Å². The van der Waals surface area contributed by atoms with Gasteiger partial charge < -0.3 is 9.84 Å². The number of phenolic OH excluding ortho intramolecular Hbond substituents is 1. The van der Waals surface area contributed by atoms with Crippen LogP contribution in [0.15, 0.2) is 6.07 Å². The first-order valence-corrected chi connectivity index (χ1v) is 6.78. The maximum Gasteiger partial charge on any atom is 0.237 e. The summed E-state index contributed by atoms with van der Waals surface area (Å²) in [6.07, 6.45) is 0. The van der Waals surface area contributed by atoms with Crippen LogP contribution in [-0.2, 0) is 14.8 Å². The molecule has 4 nitrogen and oxygen atoms in total. The largest absolute Gasteiger partial charge is 0.507 e. The topological polar surface area (TPSA) is 63.6 Å². The molecule has 1 aromatic rings. The van der Waals surface area contributed by atoms with E-state index in [1.807, 2.05) is 0 Å². The summed E-state index contributed by atoms with van der Waals surface area (Å²) in [5, 5.41) is 8.98. The molecule has 1 N–H and O–H groups in total. The second-order valence-electron chi connectivity index (χ2n) is 2.89. The monoisotopic (exact) mass is 288 g/mol. The third-order valence-electron chi connectivity index (χ3n) is 1.79. The highest BCUT2D eigenvalue weighted by atomic mass is 35.7. The first kappa shape index (κ1) is 13.3. The average Bonchev–Trinajstić information content (AvgIpc) is 2.17. The Kier molecular flexibility index (Phi) is 3.88. The van der Waals surface area contributed by atoms with Crippen LogP contribution in [0.2, 0.25) is 5.02 Å².